The molecule has 2 aromatic heterocycles. The van der Waals surface area contributed by atoms with Crippen molar-refractivity contribution in [1.82, 2.24) is 30.7 Å². The number of β-amino-alcohol motifs (C(OH)–C–C–N with tert-alkyl or cyclic N) is 1. The van der Waals surface area contributed by atoms with Crippen molar-refractivity contribution in [1.29, 1.82) is 0 Å². The van der Waals surface area contributed by atoms with E-state index in [2.05, 4.69) is 30.9 Å². The lowest BCUT2D eigenvalue weighted by Gasteiger charge is -2.30. The SMILES string of the molecule is [C-]#[N+]NC(=NC[C@H](NC(=O)c1c(Cl)cc2c(c1Cl)CCN(C(=O)c1cc3[nH]ncc3s1)C2)C(=O)OC)N1CC[C@H](O)C1. The molecule has 2 aliphatic rings. The maximum Gasteiger partial charge on any atom is 0.330 e. The fraction of sp³-hybridized carbons (Fsp3) is 0.385. The number of aliphatic imine (C=N–C) groups is 1. The van der Waals surface area contributed by atoms with Gasteiger partial charge < -0.3 is 25.0 Å². The average molecular weight is 634 g/mol. The molecule has 0 unspecified atom stereocenters. The number of esters is 1. The number of fused-ring (bicyclic) bond motifs is 2. The number of guanidine groups is 1. The van der Waals surface area contributed by atoms with Crippen molar-refractivity contribution < 1.29 is 24.2 Å². The van der Waals surface area contributed by atoms with Gasteiger partial charge in [0.15, 0.2) is 0 Å². The van der Waals surface area contributed by atoms with Gasteiger partial charge in [0, 0.05) is 26.2 Å². The summed E-state index contributed by atoms with van der Waals surface area (Å²) in [5.74, 6) is -1.40. The lowest BCUT2D eigenvalue weighted by atomic mass is 9.96. The van der Waals surface area contributed by atoms with Crippen LogP contribution in [0.4, 0.5) is 0 Å². The number of hydrogen-bond acceptors (Lipinski definition) is 8. The first-order chi connectivity index (χ1) is 20.2. The van der Waals surface area contributed by atoms with E-state index in [1.54, 1.807) is 28.1 Å². The van der Waals surface area contributed by atoms with Gasteiger partial charge in [-0.05, 0) is 36.1 Å². The Morgan fingerprint density at radius 3 is 2.83 bits per heavy atom. The van der Waals surface area contributed by atoms with Crippen molar-refractivity contribution in [2.75, 3.05) is 33.3 Å². The third kappa shape index (κ3) is 6.00. The Balaban J connectivity index is 1.32. The summed E-state index contributed by atoms with van der Waals surface area (Å²) >= 11 is 14.6. The summed E-state index contributed by atoms with van der Waals surface area (Å²) in [7, 11) is 1.18. The smallest absolute Gasteiger partial charge is 0.330 e. The highest BCUT2D eigenvalue weighted by Gasteiger charge is 2.31. The first kappa shape index (κ1) is 29.6. The number of amides is 2. The number of aromatic nitrogens is 2. The van der Waals surface area contributed by atoms with Crippen molar-refractivity contribution in [2.45, 2.75) is 31.5 Å². The number of carbonyl (C=O) groups excluding carboxylic acids is 3. The van der Waals surface area contributed by atoms with Crippen LogP contribution in [0.25, 0.3) is 15.2 Å². The minimum Gasteiger partial charge on any atom is -0.467 e. The van der Waals surface area contributed by atoms with Crippen LogP contribution in [-0.4, -0.2) is 94.3 Å². The van der Waals surface area contributed by atoms with Gasteiger partial charge in [-0.25, -0.2) is 9.79 Å². The third-order valence-corrected chi connectivity index (χ3v) is 8.86. The van der Waals surface area contributed by atoms with Crippen molar-refractivity contribution in [2.24, 2.45) is 4.99 Å². The molecular weight excluding hydrogens is 607 g/mol. The molecule has 1 fully saturated rings. The standard InChI is InChI=1S/C26H26Cl2N8O5S/c1-29-34-26(36-5-3-14(37)12-36)30-9-18(25(40)41-2)32-23(38)21-16(27)7-13-11-35(6-4-15(13)22(21)28)24(39)19-8-17-20(42-19)10-31-33-17/h7-8,10,14,18,37H,3-6,9,11-12H2,2H3,(H,30,34)(H,31,33)(H,32,38)/t14-,18-/m0/s1. The van der Waals surface area contributed by atoms with Gasteiger partial charge in [0.25, 0.3) is 17.8 Å². The second-order valence-corrected chi connectivity index (χ2v) is 11.6. The number of methoxy groups -OCH3 is 1. The van der Waals surface area contributed by atoms with E-state index >= 15 is 0 Å². The van der Waals surface area contributed by atoms with Crippen molar-refractivity contribution in [3.05, 3.63) is 61.5 Å². The molecule has 4 heterocycles. The number of aliphatic hydroxyl groups excluding tert-OH is 1. The van der Waals surface area contributed by atoms with Gasteiger partial charge in [0.2, 0.25) is 0 Å². The van der Waals surface area contributed by atoms with Crippen molar-refractivity contribution in [3.8, 4) is 0 Å². The minimum atomic E-state index is -1.21. The lowest BCUT2D eigenvalue weighted by Crippen LogP contribution is -2.45. The molecule has 0 spiro atoms. The molecule has 2 atom stereocenters. The molecule has 4 N–H and O–H groups in total. The Kier molecular flexibility index (Phi) is 8.83. The second-order valence-electron chi connectivity index (χ2n) is 9.75. The predicted octanol–water partition coefficient (Wildman–Crippen LogP) is 2.25. The van der Waals surface area contributed by atoms with E-state index in [4.69, 9.17) is 34.5 Å². The van der Waals surface area contributed by atoms with Gasteiger partial charge in [-0.15, -0.1) is 11.3 Å². The largest absolute Gasteiger partial charge is 0.467 e. The van der Waals surface area contributed by atoms with Crippen LogP contribution in [0.15, 0.2) is 23.3 Å². The number of thiophene rings is 1. The van der Waals surface area contributed by atoms with Crippen LogP contribution in [0, 0.1) is 6.57 Å². The van der Waals surface area contributed by atoms with E-state index in [0.717, 1.165) is 15.8 Å². The summed E-state index contributed by atoms with van der Waals surface area (Å²) in [4.78, 5) is 50.5. The quantitative estimate of drug-likeness (QED) is 0.106. The van der Waals surface area contributed by atoms with Crippen LogP contribution in [0.3, 0.4) is 0 Å². The Labute approximate surface area is 254 Å². The minimum absolute atomic E-state index is 0.00282. The number of aliphatic hydroxyl groups is 1. The van der Waals surface area contributed by atoms with E-state index in [9.17, 15) is 19.5 Å². The third-order valence-electron chi connectivity index (χ3n) is 7.09. The molecular formula is C26H26Cl2N8O5S. The molecule has 2 amide bonds. The number of nitrogens with one attached hydrogen (secondary N) is 3. The highest BCUT2D eigenvalue weighted by atomic mass is 35.5. The summed E-state index contributed by atoms with van der Waals surface area (Å²) in [5, 5.41) is 19.5. The number of rotatable bonds is 6. The van der Waals surface area contributed by atoms with Crippen LogP contribution in [0.2, 0.25) is 10.0 Å². The number of nitrogens with zero attached hydrogens (tertiary/aromatic N) is 5. The molecule has 220 valence electrons. The first-order valence-electron chi connectivity index (χ1n) is 12.9. The summed E-state index contributed by atoms with van der Waals surface area (Å²) in [6.07, 6.45) is 2.04. The fourth-order valence-electron chi connectivity index (χ4n) is 4.96. The molecule has 3 aromatic rings. The normalized spacial score (nSPS) is 17.5. The molecule has 0 bridgehead atoms. The molecule has 13 nitrogen and oxygen atoms in total. The van der Waals surface area contributed by atoms with Gasteiger partial charge in [0.1, 0.15) is 6.04 Å². The zero-order valence-electron chi connectivity index (χ0n) is 22.3. The van der Waals surface area contributed by atoms with Gasteiger partial charge in [-0.2, -0.15) is 16.6 Å². The maximum absolute atomic E-state index is 13.4. The molecule has 1 aromatic carbocycles. The van der Waals surface area contributed by atoms with E-state index in [1.807, 2.05) is 0 Å². The topological polar surface area (TPSA) is 157 Å². The van der Waals surface area contributed by atoms with Crippen LogP contribution < -0.4 is 10.7 Å². The molecule has 2 aliphatic heterocycles. The number of aromatic amines is 1. The molecule has 0 aliphatic carbocycles. The second kappa shape index (κ2) is 12.5. The highest BCUT2D eigenvalue weighted by Crippen LogP contribution is 2.35. The average Bonchev–Trinajstić information content (AvgIpc) is 3.70. The Morgan fingerprint density at radius 1 is 1.33 bits per heavy atom. The fourth-order valence-corrected chi connectivity index (χ4v) is 6.68. The molecule has 16 heteroatoms. The Morgan fingerprint density at radius 2 is 2.14 bits per heavy atom. The summed E-state index contributed by atoms with van der Waals surface area (Å²) in [6.45, 7) is 8.29. The number of likely N-dealkylation sites (tertiary alicyclic amines) is 1. The van der Waals surface area contributed by atoms with E-state index in [-0.39, 0.29) is 47.1 Å². The first-order valence-corrected chi connectivity index (χ1v) is 14.5. The summed E-state index contributed by atoms with van der Waals surface area (Å²) in [6, 6.07) is 2.18. The van der Waals surface area contributed by atoms with E-state index < -0.39 is 24.0 Å². The van der Waals surface area contributed by atoms with E-state index in [0.29, 0.717) is 36.4 Å². The van der Waals surface area contributed by atoms with Gasteiger partial charge >= 0.3 is 5.97 Å². The number of halogens is 2. The van der Waals surface area contributed by atoms with Crippen molar-refractivity contribution >= 4 is 68.5 Å². The number of carbonyl (C=O) groups is 3. The molecule has 5 rings (SSSR count). The zero-order chi connectivity index (χ0) is 30.0. The predicted molar refractivity (Wildman–Crippen MR) is 156 cm³/mol. The number of ether oxygens (including phenoxy) is 1. The number of H-pyrrole nitrogens is 1. The monoisotopic (exact) mass is 632 g/mol. The summed E-state index contributed by atoms with van der Waals surface area (Å²) in [5.41, 5.74) is 4.65. The number of hydrogen-bond donors (Lipinski definition) is 4. The maximum atomic E-state index is 13.4. The van der Waals surface area contributed by atoms with Gasteiger partial charge in [-0.1, -0.05) is 28.6 Å². The lowest BCUT2D eigenvalue weighted by molar-refractivity contribution is -0.142. The highest BCUT2D eigenvalue weighted by molar-refractivity contribution is 7.20. The van der Waals surface area contributed by atoms with Crippen LogP contribution in [-0.2, 0) is 22.5 Å². The number of benzene rings is 1. The van der Waals surface area contributed by atoms with E-state index in [1.165, 1.54) is 18.4 Å². The van der Waals surface area contributed by atoms with Crippen molar-refractivity contribution in [3.63, 3.8) is 0 Å². The van der Waals surface area contributed by atoms with Crippen LogP contribution in [0.5, 0.6) is 0 Å². The van der Waals surface area contributed by atoms with Gasteiger partial charge in [0.05, 0.1) is 56.7 Å². The molecule has 42 heavy (non-hydrogen) atoms. The summed E-state index contributed by atoms with van der Waals surface area (Å²) < 4.78 is 5.75. The molecule has 0 saturated carbocycles. The van der Waals surface area contributed by atoms with Crippen LogP contribution in [0.1, 0.15) is 37.6 Å². The zero-order valence-corrected chi connectivity index (χ0v) is 24.6. The Hall–Kier alpha value is -3.90. The molecule has 1 saturated heterocycles. The van der Waals surface area contributed by atoms with Crippen LogP contribution >= 0.6 is 34.5 Å². The van der Waals surface area contributed by atoms with Gasteiger partial charge in [-0.3, -0.25) is 14.7 Å². The Bertz CT molecular complexity index is 1590. The molecule has 0 radical (unpaired) electrons.